The van der Waals surface area contributed by atoms with E-state index in [1.807, 2.05) is 35.2 Å². The molecule has 3 amide bonds. The molecule has 3 aliphatic rings. The number of amides is 3. The summed E-state index contributed by atoms with van der Waals surface area (Å²) in [4.78, 5) is 62.2. The van der Waals surface area contributed by atoms with Gasteiger partial charge in [-0.1, -0.05) is 41.9 Å². The molecule has 0 aliphatic carbocycles. The van der Waals surface area contributed by atoms with E-state index in [2.05, 4.69) is 54.3 Å². The summed E-state index contributed by atoms with van der Waals surface area (Å²) >= 11 is 6.42. The minimum absolute atomic E-state index is 0.0734. The van der Waals surface area contributed by atoms with Crippen molar-refractivity contribution >= 4 is 63.9 Å². The lowest BCUT2D eigenvalue weighted by molar-refractivity contribution is -0.134. The summed E-state index contributed by atoms with van der Waals surface area (Å²) in [7, 11) is 1.63. The van der Waals surface area contributed by atoms with Crippen LogP contribution in [-0.4, -0.2) is 89.1 Å². The summed E-state index contributed by atoms with van der Waals surface area (Å²) in [6.45, 7) is 5.11. The van der Waals surface area contributed by atoms with Crippen molar-refractivity contribution in [3.05, 3.63) is 94.6 Å². The van der Waals surface area contributed by atoms with E-state index in [0.717, 1.165) is 50.0 Å². The maximum absolute atomic E-state index is 13.4. The number of ketones is 1. The maximum Gasteiger partial charge on any atom is 0.249 e. The van der Waals surface area contributed by atoms with Crippen LogP contribution >= 0.6 is 11.6 Å². The van der Waals surface area contributed by atoms with Gasteiger partial charge in [0, 0.05) is 30.8 Å². The van der Waals surface area contributed by atoms with Crippen LogP contribution in [0.1, 0.15) is 78.8 Å². The molecule has 14 heteroatoms. The minimum atomic E-state index is -0.398. The van der Waals surface area contributed by atoms with Crippen LogP contribution < -0.4 is 26.0 Å². The number of ether oxygens (including phenoxy) is 1. The number of anilines is 5. The Morgan fingerprint density at radius 2 is 1.57 bits per heavy atom. The topological polar surface area (TPSA) is 158 Å². The first-order chi connectivity index (χ1) is 27.1. The molecule has 1 atom stereocenters. The molecule has 0 saturated carbocycles. The number of hydrogen-bond donors (Lipinski definition) is 4. The number of piperidine rings is 3. The smallest absolute Gasteiger partial charge is 0.249 e. The number of halogens is 1. The molecule has 3 fully saturated rings. The Labute approximate surface area is 331 Å². The van der Waals surface area contributed by atoms with Crippen LogP contribution in [0.5, 0.6) is 5.75 Å². The molecule has 3 aromatic carbocycles. The summed E-state index contributed by atoms with van der Waals surface area (Å²) in [5.74, 6) is 1.67. The zero-order valence-electron chi connectivity index (χ0n) is 31.6. The number of hydrogen-bond acceptors (Lipinski definition) is 11. The predicted molar refractivity (Wildman–Crippen MR) is 216 cm³/mol. The molecule has 292 valence electrons. The van der Waals surface area contributed by atoms with Crippen LogP contribution in [0, 0.1) is 0 Å². The van der Waals surface area contributed by atoms with Gasteiger partial charge in [0.15, 0.2) is 11.6 Å². The molecule has 7 rings (SSSR count). The number of benzene rings is 3. The van der Waals surface area contributed by atoms with Crippen molar-refractivity contribution in [3.8, 4) is 5.75 Å². The number of nitrogens with zero attached hydrogens (tertiary/aromatic N) is 4. The lowest BCUT2D eigenvalue weighted by atomic mass is 9.88. The van der Waals surface area contributed by atoms with Crippen LogP contribution in [0.2, 0.25) is 5.02 Å². The van der Waals surface area contributed by atoms with Crippen molar-refractivity contribution in [2.75, 3.05) is 55.8 Å². The van der Waals surface area contributed by atoms with Gasteiger partial charge in [-0.2, -0.15) is 4.98 Å². The third-order valence-corrected chi connectivity index (χ3v) is 11.3. The highest BCUT2D eigenvalue weighted by Gasteiger charge is 2.29. The first kappa shape index (κ1) is 38.7. The number of aromatic nitrogens is 2. The van der Waals surface area contributed by atoms with Crippen molar-refractivity contribution in [1.82, 2.24) is 25.1 Å². The summed E-state index contributed by atoms with van der Waals surface area (Å²) in [6.07, 6.45) is 6.05. The Morgan fingerprint density at radius 1 is 0.875 bits per heavy atom. The Kier molecular flexibility index (Phi) is 12.1. The van der Waals surface area contributed by atoms with Gasteiger partial charge < -0.3 is 25.6 Å². The van der Waals surface area contributed by atoms with Crippen molar-refractivity contribution in [2.45, 2.75) is 63.3 Å². The number of Topliss-reactive ketones (excluding diaryl/α,β-unsaturated/α-hetero) is 1. The van der Waals surface area contributed by atoms with Crippen LogP contribution in [0.4, 0.5) is 28.8 Å². The molecule has 56 heavy (non-hydrogen) atoms. The number of imide groups is 1. The molecule has 3 aliphatic heterocycles. The van der Waals surface area contributed by atoms with Crippen LogP contribution in [0.3, 0.4) is 0 Å². The molecule has 4 heterocycles. The number of nitrogens with one attached hydrogen (secondary N) is 4. The van der Waals surface area contributed by atoms with Gasteiger partial charge in [-0.3, -0.25) is 29.4 Å². The molecule has 1 aromatic heterocycles. The quantitative estimate of drug-likeness (QED) is 0.0904. The van der Waals surface area contributed by atoms with Crippen molar-refractivity contribution in [1.29, 1.82) is 0 Å². The minimum Gasteiger partial charge on any atom is -0.495 e. The van der Waals surface area contributed by atoms with Crippen LogP contribution in [-0.2, 0) is 14.4 Å². The van der Waals surface area contributed by atoms with Gasteiger partial charge in [0.2, 0.25) is 23.7 Å². The zero-order chi connectivity index (χ0) is 39.2. The molecule has 1 unspecified atom stereocenters. The molecule has 0 spiro atoms. The van der Waals surface area contributed by atoms with Crippen LogP contribution in [0.25, 0.3) is 0 Å². The number of methoxy groups -OCH3 is 1. The Morgan fingerprint density at radius 3 is 2.29 bits per heavy atom. The molecule has 13 nitrogen and oxygen atoms in total. The Balaban J connectivity index is 0.876. The maximum atomic E-state index is 13.4. The molecule has 4 N–H and O–H groups in total. The summed E-state index contributed by atoms with van der Waals surface area (Å²) in [5.41, 5.74) is 5.12. The predicted octanol–water partition coefficient (Wildman–Crippen LogP) is 6.63. The van der Waals surface area contributed by atoms with Gasteiger partial charge in [0.05, 0.1) is 31.2 Å². The monoisotopic (exact) mass is 778 g/mol. The Bertz CT molecular complexity index is 2080. The van der Waals surface area contributed by atoms with E-state index < -0.39 is 6.04 Å². The second kappa shape index (κ2) is 17.5. The highest BCUT2D eigenvalue weighted by molar-refractivity contribution is 6.33. The number of rotatable bonds is 12. The SMILES string of the molecule is COc1cc(C2CCN(C(=O)CN3CCC(c4ccc(NC5CCC(=O)NC5=O)cc4)CC3)CC2)ccc1Nc1ncc(Cl)c(Nc2ccccc2C(C)=O)n1. The molecule has 0 radical (unpaired) electrons. The van der Waals surface area contributed by atoms with E-state index in [9.17, 15) is 19.2 Å². The normalized spacial score (nSPS) is 18.3. The fourth-order valence-corrected chi connectivity index (χ4v) is 7.93. The van der Waals surface area contributed by atoms with Crippen LogP contribution in [0.15, 0.2) is 72.9 Å². The third-order valence-electron chi connectivity index (χ3n) is 11.0. The Hall–Kier alpha value is -5.53. The average Bonchev–Trinajstić information content (AvgIpc) is 3.21. The second-order valence-corrected chi connectivity index (χ2v) is 15.1. The number of carbonyl (C=O) groups is 4. The van der Waals surface area contributed by atoms with E-state index in [4.69, 9.17) is 16.3 Å². The molecule has 3 saturated heterocycles. The highest BCUT2D eigenvalue weighted by atomic mass is 35.5. The molecule has 0 bridgehead atoms. The van der Waals surface area contributed by atoms with E-state index >= 15 is 0 Å². The lowest BCUT2D eigenvalue weighted by Gasteiger charge is -2.36. The van der Waals surface area contributed by atoms with Gasteiger partial charge >= 0.3 is 0 Å². The number of carbonyl (C=O) groups excluding carboxylic acids is 4. The molecular weight excluding hydrogens is 732 g/mol. The summed E-state index contributed by atoms with van der Waals surface area (Å²) in [5, 5.41) is 12.3. The van der Waals surface area contributed by atoms with Gasteiger partial charge in [-0.05, 0) is 111 Å². The highest BCUT2D eigenvalue weighted by Crippen LogP contribution is 2.36. The van der Waals surface area contributed by atoms with E-state index in [0.29, 0.717) is 83.8 Å². The summed E-state index contributed by atoms with van der Waals surface area (Å²) in [6, 6.07) is 21.1. The zero-order valence-corrected chi connectivity index (χ0v) is 32.4. The van der Waals surface area contributed by atoms with Gasteiger partial charge in [-0.25, -0.2) is 4.98 Å². The standard InChI is InChI=1S/C42H47ClN8O5/c1-26(52)32-5-3-4-6-34(32)46-40-33(43)24-44-42(49-40)47-35-12-9-30(23-37(35)56-2)29-17-21-51(22-18-29)39(54)25-50-19-15-28(16-20-50)27-7-10-31(11-8-27)45-36-13-14-38(53)48-41(36)55/h3-12,23-24,28-29,36,45H,13-22,25H2,1-2H3,(H,48,53,55)(H2,44,46,47,49). The van der Waals surface area contributed by atoms with E-state index in [-0.39, 0.29) is 23.5 Å². The largest absolute Gasteiger partial charge is 0.495 e. The third kappa shape index (κ3) is 9.28. The first-order valence-corrected chi connectivity index (χ1v) is 19.6. The van der Waals surface area contributed by atoms with Gasteiger partial charge in [-0.15, -0.1) is 0 Å². The molecule has 4 aromatic rings. The van der Waals surface area contributed by atoms with E-state index in [1.54, 1.807) is 25.3 Å². The number of para-hydroxylation sites is 1. The fraction of sp³-hybridized carbons (Fsp3) is 0.381. The van der Waals surface area contributed by atoms with Crippen molar-refractivity contribution in [2.24, 2.45) is 0 Å². The first-order valence-electron chi connectivity index (χ1n) is 19.2. The van der Waals surface area contributed by atoms with Crippen molar-refractivity contribution in [3.63, 3.8) is 0 Å². The lowest BCUT2D eigenvalue weighted by Crippen LogP contribution is -2.47. The fourth-order valence-electron chi connectivity index (χ4n) is 7.79. The number of likely N-dealkylation sites (tertiary alicyclic amines) is 2. The van der Waals surface area contributed by atoms with Gasteiger partial charge in [0.1, 0.15) is 16.8 Å². The van der Waals surface area contributed by atoms with Crippen molar-refractivity contribution < 1.29 is 23.9 Å². The average molecular weight is 779 g/mol. The summed E-state index contributed by atoms with van der Waals surface area (Å²) < 4.78 is 5.77. The second-order valence-electron chi connectivity index (χ2n) is 14.7. The van der Waals surface area contributed by atoms with Gasteiger partial charge in [0.25, 0.3) is 0 Å². The molecular formula is C42H47ClN8O5. The van der Waals surface area contributed by atoms with E-state index in [1.165, 1.54) is 18.7 Å².